The zero-order chi connectivity index (χ0) is 17.9. The second-order valence-electron chi connectivity index (χ2n) is 6.91. The summed E-state index contributed by atoms with van der Waals surface area (Å²) >= 11 is 0. The van der Waals surface area contributed by atoms with Gasteiger partial charge in [-0.15, -0.1) is 0 Å². The maximum Gasteiger partial charge on any atom is 0.227 e. The van der Waals surface area contributed by atoms with Crippen LogP contribution in [-0.4, -0.2) is 15.8 Å². The lowest BCUT2D eigenvalue weighted by Crippen LogP contribution is -2.32. The average Bonchev–Trinajstić information content (AvgIpc) is 3.27. The Morgan fingerprint density at radius 2 is 1.96 bits per heavy atom. The Labute approximate surface area is 153 Å². The number of carbonyl (C=O) groups excluding carboxylic acids is 1. The topological polar surface area (TPSA) is 46.3 Å². The van der Waals surface area contributed by atoms with Crippen molar-refractivity contribution in [2.75, 3.05) is 0 Å². The van der Waals surface area contributed by atoms with Gasteiger partial charge in [-0.2, -0.15) is 0 Å². The zero-order valence-electron chi connectivity index (χ0n) is 14.8. The van der Waals surface area contributed by atoms with E-state index in [4.69, 9.17) is 4.42 Å². The summed E-state index contributed by atoms with van der Waals surface area (Å²) in [6, 6.07) is 17.9. The number of aryl methyl sites for hydroxylation is 1. The molecule has 1 aromatic carbocycles. The number of hydrogen-bond donors (Lipinski definition) is 0. The Morgan fingerprint density at radius 3 is 2.69 bits per heavy atom. The van der Waals surface area contributed by atoms with Crippen LogP contribution < -0.4 is 0 Å². The molecule has 0 saturated heterocycles. The lowest BCUT2D eigenvalue weighted by molar-refractivity contribution is -0.134. The van der Waals surface area contributed by atoms with Crippen LogP contribution in [0.5, 0.6) is 0 Å². The number of carbonyl (C=O) groups is 1. The molecule has 1 aliphatic rings. The Balaban J connectivity index is 1.54. The highest BCUT2D eigenvalue weighted by atomic mass is 16.3. The minimum Gasteiger partial charge on any atom is -0.469 e. The molecule has 0 bridgehead atoms. The normalized spacial score (nSPS) is 18.5. The molecule has 2 aromatic heterocycles. The molecule has 0 spiro atoms. The highest BCUT2D eigenvalue weighted by Crippen LogP contribution is 2.48. The largest absolute Gasteiger partial charge is 0.469 e. The lowest BCUT2D eigenvalue weighted by Gasteiger charge is -2.23. The average molecular weight is 346 g/mol. The highest BCUT2D eigenvalue weighted by Gasteiger charge is 2.47. The number of pyridine rings is 1. The van der Waals surface area contributed by atoms with Crippen molar-refractivity contribution < 1.29 is 9.21 Å². The molecule has 0 N–H and O–H groups in total. The first-order valence-electron chi connectivity index (χ1n) is 8.99. The van der Waals surface area contributed by atoms with Crippen LogP contribution in [0, 0.1) is 12.8 Å². The van der Waals surface area contributed by atoms with Crippen molar-refractivity contribution in [3.63, 3.8) is 0 Å². The molecule has 26 heavy (non-hydrogen) atoms. The van der Waals surface area contributed by atoms with Crippen molar-refractivity contribution in [3.05, 3.63) is 89.6 Å². The van der Waals surface area contributed by atoms with Crippen molar-refractivity contribution in [1.29, 1.82) is 0 Å². The van der Waals surface area contributed by atoms with Gasteiger partial charge < -0.3 is 9.32 Å². The van der Waals surface area contributed by atoms with E-state index >= 15 is 0 Å². The summed E-state index contributed by atoms with van der Waals surface area (Å²) in [5, 5.41) is 0. The fourth-order valence-electron chi connectivity index (χ4n) is 3.41. The van der Waals surface area contributed by atoms with E-state index < -0.39 is 0 Å². The summed E-state index contributed by atoms with van der Waals surface area (Å²) in [6.45, 7) is 3.21. The molecule has 1 saturated carbocycles. The van der Waals surface area contributed by atoms with Crippen LogP contribution in [-0.2, 0) is 17.9 Å². The molecule has 1 aliphatic carbocycles. The first-order valence-corrected chi connectivity index (χ1v) is 8.99. The standard InChI is InChI=1S/C22H22N2O2/c1-16-7-2-3-8-17(16)14-24(15-18-9-4-5-11-23-18)22(25)20-13-19(20)21-10-6-12-26-21/h2-12,19-20H,13-15H2,1H3/t19-,20+/m1/s1. The van der Waals surface area contributed by atoms with E-state index in [1.54, 1.807) is 12.5 Å². The van der Waals surface area contributed by atoms with Gasteiger partial charge in [0.2, 0.25) is 5.91 Å². The van der Waals surface area contributed by atoms with E-state index in [2.05, 4.69) is 24.0 Å². The second-order valence-corrected chi connectivity index (χ2v) is 6.91. The molecular weight excluding hydrogens is 324 g/mol. The van der Waals surface area contributed by atoms with E-state index in [0.717, 1.165) is 17.9 Å². The molecule has 4 rings (SSSR count). The number of rotatable bonds is 6. The van der Waals surface area contributed by atoms with Gasteiger partial charge in [-0.25, -0.2) is 0 Å². The van der Waals surface area contributed by atoms with Crippen LogP contribution in [0.25, 0.3) is 0 Å². The molecule has 0 unspecified atom stereocenters. The van der Waals surface area contributed by atoms with Crippen LogP contribution in [0.3, 0.4) is 0 Å². The lowest BCUT2D eigenvalue weighted by atomic mass is 10.1. The summed E-state index contributed by atoms with van der Waals surface area (Å²) in [6.07, 6.45) is 4.31. The summed E-state index contributed by atoms with van der Waals surface area (Å²) in [7, 11) is 0. The molecule has 2 atom stereocenters. The minimum atomic E-state index is 0.00822. The maximum atomic E-state index is 13.2. The van der Waals surface area contributed by atoms with Crippen LogP contribution >= 0.6 is 0 Å². The van der Waals surface area contributed by atoms with Gasteiger partial charge in [0.15, 0.2) is 0 Å². The molecule has 1 amide bonds. The molecule has 0 aliphatic heterocycles. The van der Waals surface area contributed by atoms with E-state index in [1.807, 2.05) is 47.4 Å². The Hall–Kier alpha value is -2.88. The Morgan fingerprint density at radius 1 is 1.12 bits per heavy atom. The summed E-state index contributed by atoms with van der Waals surface area (Å²) in [4.78, 5) is 19.5. The van der Waals surface area contributed by atoms with Crippen molar-refractivity contribution in [3.8, 4) is 0 Å². The maximum absolute atomic E-state index is 13.2. The van der Waals surface area contributed by atoms with Gasteiger partial charge in [-0.1, -0.05) is 30.3 Å². The second kappa shape index (κ2) is 7.16. The molecule has 4 nitrogen and oxygen atoms in total. The number of aromatic nitrogens is 1. The predicted octanol–water partition coefficient (Wildman–Crippen LogP) is 4.32. The summed E-state index contributed by atoms with van der Waals surface area (Å²) in [5.41, 5.74) is 3.28. The molecule has 0 radical (unpaired) electrons. The number of hydrogen-bond acceptors (Lipinski definition) is 3. The summed E-state index contributed by atoms with van der Waals surface area (Å²) < 4.78 is 5.49. The summed E-state index contributed by atoms with van der Waals surface area (Å²) in [5.74, 6) is 1.31. The molecule has 1 fully saturated rings. The third-order valence-electron chi connectivity index (χ3n) is 5.03. The third-order valence-corrected chi connectivity index (χ3v) is 5.03. The predicted molar refractivity (Wildman–Crippen MR) is 99.2 cm³/mol. The number of amides is 1. The van der Waals surface area contributed by atoms with Gasteiger partial charge in [0.25, 0.3) is 0 Å². The highest BCUT2D eigenvalue weighted by molar-refractivity contribution is 5.82. The number of nitrogens with zero attached hydrogens (tertiary/aromatic N) is 2. The van der Waals surface area contributed by atoms with Gasteiger partial charge in [0.1, 0.15) is 5.76 Å². The van der Waals surface area contributed by atoms with Crippen LogP contribution in [0.4, 0.5) is 0 Å². The first-order chi connectivity index (χ1) is 12.7. The fraction of sp³-hybridized carbons (Fsp3) is 0.273. The zero-order valence-corrected chi connectivity index (χ0v) is 14.8. The molecule has 4 heteroatoms. The van der Waals surface area contributed by atoms with Gasteiger partial charge in [0.05, 0.1) is 18.5 Å². The number of furan rings is 1. The van der Waals surface area contributed by atoms with Crippen LogP contribution in [0.2, 0.25) is 0 Å². The molecular formula is C22H22N2O2. The smallest absolute Gasteiger partial charge is 0.227 e. The number of benzene rings is 1. The fourth-order valence-corrected chi connectivity index (χ4v) is 3.41. The van der Waals surface area contributed by atoms with Gasteiger partial charge in [-0.05, 0) is 48.7 Å². The van der Waals surface area contributed by atoms with Crippen molar-refractivity contribution in [1.82, 2.24) is 9.88 Å². The SMILES string of the molecule is Cc1ccccc1CN(Cc1ccccn1)C(=O)[C@H]1C[C@H]1c1ccco1. The Bertz CT molecular complexity index is 874. The monoisotopic (exact) mass is 346 g/mol. The van der Waals surface area contributed by atoms with Crippen molar-refractivity contribution in [2.45, 2.75) is 32.4 Å². The van der Waals surface area contributed by atoms with Gasteiger partial charge in [-0.3, -0.25) is 9.78 Å². The Kier molecular flexibility index (Phi) is 4.57. The molecule has 2 heterocycles. The van der Waals surface area contributed by atoms with Crippen molar-refractivity contribution >= 4 is 5.91 Å². The quantitative estimate of drug-likeness (QED) is 0.668. The first kappa shape index (κ1) is 16.6. The minimum absolute atomic E-state index is 0.00822. The van der Waals surface area contributed by atoms with Crippen molar-refractivity contribution in [2.24, 2.45) is 5.92 Å². The third kappa shape index (κ3) is 3.54. The van der Waals surface area contributed by atoms with Gasteiger partial charge in [0, 0.05) is 24.6 Å². The van der Waals surface area contributed by atoms with Crippen LogP contribution in [0.15, 0.2) is 71.5 Å². The van der Waals surface area contributed by atoms with Gasteiger partial charge >= 0.3 is 0 Å². The molecule has 3 aromatic rings. The van der Waals surface area contributed by atoms with E-state index in [-0.39, 0.29) is 17.7 Å². The molecule has 132 valence electrons. The van der Waals surface area contributed by atoms with E-state index in [1.165, 1.54) is 11.1 Å². The van der Waals surface area contributed by atoms with E-state index in [0.29, 0.717) is 13.1 Å². The van der Waals surface area contributed by atoms with E-state index in [9.17, 15) is 4.79 Å². The van der Waals surface area contributed by atoms with Crippen LogP contribution in [0.1, 0.15) is 34.9 Å².